The molecule has 0 bridgehead atoms. The number of amides is 1. The highest BCUT2D eigenvalue weighted by Crippen LogP contribution is 2.67. The molecule has 5 rings (SSSR count). The molecule has 3 saturated carbocycles. The number of rotatable bonds is 4. The summed E-state index contributed by atoms with van der Waals surface area (Å²) in [7, 11) is 0. The second-order valence-electron chi connectivity index (χ2n) is 13.0. The van der Waals surface area contributed by atoms with Gasteiger partial charge < -0.3 is 5.11 Å². The lowest BCUT2D eigenvalue weighted by molar-refractivity contribution is -0.218. The van der Waals surface area contributed by atoms with E-state index in [2.05, 4.69) is 33.8 Å². The molecule has 1 N–H and O–H groups in total. The lowest BCUT2D eigenvalue weighted by Crippen LogP contribution is -2.50. The molecular weight excluding hydrogens is 410 g/mol. The van der Waals surface area contributed by atoms with Gasteiger partial charge in [0.05, 0.1) is 12.2 Å². The van der Waals surface area contributed by atoms with Crippen LogP contribution in [0, 0.1) is 40.4 Å². The zero-order chi connectivity index (χ0) is 23.4. The van der Waals surface area contributed by atoms with E-state index >= 15 is 0 Å². The molecule has 1 aliphatic heterocycles. The average molecular weight is 458 g/mol. The second-order valence-corrected chi connectivity index (χ2v) is 13.0. The highest BCUT2D eigenvalue weighted by molar-refractivity contribution is 5.75. The summed E-state index contributed by atoms with van der Waals surface area (Å²) in [6.07, 6.45) is 16.0. The van der Waals surface area contributed by atoms with Gasteiger partial charge in [0.1, 0.15) is 0 Å². The minimum absolute atomic E-state index is 0.118. The lowest BCUT2D eigenvalue weighted by atomic mass is 9.47. The molecule has 4 nitrogen and oxygen atoms in total. The summed E-state index contributed by atoms with van der Waals surface area (Å²) >= 11 is 0. The first-order valence-corrected chi connectivity index (χ1v) is 14.1. The van der Waals surface area contributed by atoms with E-state index in [9.17, 15) is 9.90 Å². The number of aliphatic hydroxyl groups excluding tert-OH is 1. The molecule has 0 unspecified atom stereocenters. The molecule has 1 amide bonds. The SMILES string of the molecule is C[C@@H]1CCCN(C(=O)CC[C@@H](C)[C@H]2CC[C@H]3[C@@H]4CC=C5C[C@@H](O)CC[C@]5(C)[C@H]4CC[C@]23C)O1. The third kappa shape index (κ3) is 4.11. The number of hydrogen-bond donors (Lipinski definition) is 1. The van der Waals surface area contributed by atoms with Crippen molar-refractivity contribution in [3.05, 3.63) is 11.6 Å². The molecule has 0 aromatic rings. The van der Waals surface area contributed by atoms with Crippen LogP contribution in [0.15, 0.2) is 11.6 Å². The molecule has 1 heterocycles. The monoisotopic (exact) mass is 457 g/mol. The minimum atomic E-state index is -0.118. The first kappa shape index (κ1) is 23.9. The third-order valence-corrected chi connectivity index (χ3v) is 11.2. The third-order valence-electron chi connectivity index (χ3n) is 11.2. The fourth-order valence-electron chi connectivity index (χ4n) is 9.32. The fraction of sp³-hybridized carbons (Fsp3) is 0.897. The summed E-state index contributed by atoms with van der Waals surface area (Å²) < 4.78 is 0. The molecule has 0 aromatic carbocycles. The van der Waals surface area contributed by atoms with Crippen LogP contribution in [0.5, 0.6) is 0 Å². The second kappa shape index (κ2) is 8.97. The number of carbonyl (C=O) groups excluding carboxylic acids is 1. The molecule has 1 saturated heterocycles. The Bertz CT molecular complexity index is 779. The van der Waals surface area contributed by atoms with E-state index in [0.29, 0.717) is 23.2 Å². The molecule has 4 heteroatoms. The van der Waals surface area contributed by atoms with Crippen LogP contribution in [-0.2, 0) is 9.63 Å². The van der Waals surface area contributed by atoms with Crippen molar-refractivity contribution in [2.75, 3.05) is 6.54 Å². The van der Waals surface area contributed by atoms with E-state index in [1.165, 1.54) is 38.5 Å². The van der Waals surface area contributed by atoms with E-state index in [1.807, 2.05) is 0 Å². The first-order valence-electron chi connectivity index (χ1n) is 14.1. The Kier molecular flexibility index (Phi) is 6.48. The van der Waals surface area contributed by atoms with Crippen molar-refractivity contribution in [1.29, 1.82) is 0 Å². The highest BCUT2D eigenvalue weighted by Gasteiger charge is 2.59. The Hall–Kier alpha value is -0.870. The Labute approximate surface area is 201 Å². The van der Waals surface area contributed by atoms with Gasteiger partial charge in [0.15, 0.2) is 0 Å². The number of carbonyl (C=O) groups is 1. The van der Waals surface area contributed by atoms with Crippen molar-refractivity contribution >= 4 is 5.91 Å². The van der Waals surface area contributed by atoms with Gasteiger partial charge in [0.25, 0.3) is 0 Å². The van der Waals surface area contributed by atoms with Gasteiger partial charge in [-0.05, 0) is 118 Å². The first-order chi connectivity index (χ1) is 15.7. The minimum Gasteiger partial charge on any atom is -0.393 e. The lowest BCUT2D eigenvalue weighted by Gasteiger charge is -2.58. The Morgan fingerprint density at radius 1 is 1.18 bits per heavy atom. The standard InChI is InChI=1S/C29H47NO3/c1-19(7-12-27(32)30-17-5-6-20(2)33-30)24-10-11-25-23-9-8-21-18-22(31)13-15-28(21,3)26(23)14-16-29(24,25)4/h8,19-20,22-26,31H,5-7,9-18H2,1-4H3/t19-,20-,22+,23+,24-,25+,26+,28+,29-/m1/s1. The molecule has 5 aliphatic rings. The molecule has 33 heavy (non-hydrogen) atoms. The summed E-state index contributed by atoms with van der Waals surface area (Å²) in [5.74, 6) is 3.97. The zero-order valence-corrected chi connectivity index (χ0v) is 21.5. The Morgan fingerprint density at radius 3 is 2.79 bits per heavy atom. The van der Waals surface area contributed by atoms with Gasteiger partial charge in [-0.1, -0.05) is 32.4 Å². The van der Waals surface area contributed by atoms with Crippen LogP contribution >= 0.6 is 0 Å². The molecule has 0 aromatic heterocycles. The van der Waals surface area contributed by atoms with Gasteiger partial charge in [0, 0.05) is 13.0 Å². The smallest absolute Gasteiger partial charge is 0.246 e. The normalized spacial score (nSPS) is 46.1. The maximum absolute atomic E-state index is 12.8. The summed E-state index contributed by atoms with van der Waals surface area (Å²) in [4.78, 5) is 18.6. The van der Waals surface area contributed by atoms with Crippen LogP contribution in [-0.4, -0.2) is 34.8 Å². The van der Waals surface area contributed by atoms with Crippen molar-refractivity contribution in [2.45, 2.75) is 117 Å². The number of hydroxylamine groups is 2. The number of hydrogen-bond acceptors (Lipinski definition) is 3. The molecular formula is C29H47NO3. The summed E-state index contributed by atoms with van der Waals surface area (Å²) in [6.45, 7) is 10.4. The predicted octanol–water partition coefficient (Wildman–Crippen LogP) is 6.29. The maximum Gasteiger partial charge on any atom is 0.246 e. The average Bonchev–Trinajstić information content (AvgIpc) is 3.15. The maximum atomic E-state index is 12.8. The molecule has 9 atom stereocenters. The van der Waals surface area contributed by atoms with Gasteiger partial charge in [-0.25, -0.2) is 5.06 Å². The largest absolute Gasteiger partial charge is 0.393 e. The highest BCUT2D eigenvalue weighted by atomic mass is 16.7. The molecule has 0 radical (unpaired) electrons. The molecule has 186 valence electrons. The topological polar surface area (TPSA) is 49.8 Å². The zero-order valence-electron chi connectivity index (χ0n) is 21.5. The van der Waals surface area contributed by atoms with Crippen molar-refractivity contribution < 1.29 is 14.7 Å². The van der Waals surface area contributed by atoms with Crippen LogP contribution in [0.3, 0.4) is 0 Å². The van der Waals surface area contributed by atoms with Crippen LogP contribution in [0.4, 0.5) is 0 Å². The van der Waals surface area contributed by atoms with E-state index in [-0.39, 0.29) is 18.1 Å². The fourth-order valence-corrected chi connectivity index (χ4v) is 9.32. The van der Waals surface area contributed by atoms with Gasteiger partial charge in [0.2, 0.25) is 5.91 Å². The van der Waals surface area contributed by atoms with Crippen LogP contribution in [0.2, 0.25) is 0 Å². The van der Waals surface area contributed by atoms with Crippen molar-refractivity contribution in [2.24, 2.45) is 40.4 Å². The summed E-state index contributed by atoms with van der Waals surface area (Å²) in [6, 6.07) is 0. The summed E-state index contributed by atoms with van der Waals surface area (Å²) in [5, 5.41) is 11.9. The van der Waals surface area contributed by atoms with Crippen LogP contribution in [0.1, 0.15) is 105 Å². The van der Waals surface area contributed by atoms with Crippen LogP contribution < -0.4 is 0 Å². The number of aliphatic hydroxyl groups is 1. The van der Waals surface area contributed by atoms with Gasteiger partial charge in [-0.2, -0.15) is 0 Å². The van der Waals surface area contributed by atoms with Crippen molar-refractivity contribution in [3.63, 3.8) is 0 Å². The molecule has 4 aliphatic carbocycles. The number of fused-ring (bicyclic) bond motifs is 5. The predicted molar refractivity (Wildman–Crippen MR) is 131 cm³/mol. The molecule has 0 spiro atoms. The van der Waals surface area contributed by atoms with Crippen LogP contribution in [0.25, 0.3) is 0 Å². The van der Waals surface area contributed by atoms with E-state index < -0.39 is 0 Å². The Morgan fingerprint density at radius 2 is 2.00 bits per heavy atom. The number of nitrogens with zero attached hydrogens (tertiary/aromatic N) is 1. The number of allylic oxidation sites excluding steroid dienone is 1. The van der Waals surface area contributed by atoms with Crippen molar-refractivity contribution in [3.8, 4) is 0 Å². The van der Waals surface area contributed by atoms with Gasteiger partial charge in [-0.3, -0.25) is 9.63 Å². The Balaban J connectivity index is 1.24. The summed E-state index contributed by atoms with van der Waals surface area (Å²) in [5.41, 5.74) is 2.32. The molecule has 4 fully saturated rings. The van der Waals surface area contributed by atoms with Crippen molar-refractivity contribution in [1.82, 2.24) is 5.06 Å². The van der Waals surface area contributed by atoms with E-state index in [4.69, 9.17) is 4.84 Å². The van der Waals surface area contributed by atoms with E-state index in [0.717, 1.165) is 62.3 Å². The van der Waals surface area contributed by atoms with Gasteiger partial charge >= 0.3 is 0 Å². The van der Waals surface area contributed by atoms with E-state index in [1.54, 1.807) is 10.6 Å². The van der Waals surface area contributed by atoms with Gasteiger partial charge in [-0.15, -0.1) is 0 Å². The quantitative estimate of drug-likeness (QED) is 0.505.